The molecule has 0 fully saturated rings. The summed E-state index contributed by atoms with van der Waals surface area (Å²) in [6.07, 6.45) is 4.80. The molecule has 5 nitrogen and oxygen atoms in total. The number of fused-ring (bicyclic) bond motifs is 1. The summed E-state index contributed by atoms with van der Waals surface area (Å²) in [5, 5.41) is 0. The summed E-state index contributed by atoms with van der Waals surface area (Å²) in [6.45, 7) is 1.85. The van der Waals surface area contributed by atoms with Gasteiger partial charge in [-0.25, -0.2) is 19.9 Å². The van der Waals surface area contributed by atoms with Crippen LogP contribution in [-0.2, 0) is 12.8 Å². The van der Waals surface area contributed by atoms with Gasteiger partial charge in [0.05, 0.1) is 0 Å². The van der Waals surface area contributed by atoms with Crippen LogP contribution in [0.2, 0.25) is 0 Å². The first-order chi connectivity index (χ1) is 8.24. The molecule has 0 aromatic carbocycles. The van der Waals surface area contributed by atoms with Gasteiger partial charge in [-0.3, -0.25) is 0 Å². The topological polar surface area (TPSA) is 77.6 Å². The Morgan fingerprint density at radius 1 is 1.18 bits per heavy atom. The molecule has 2 aromatic heterocycles. The largest absolute Gasteiger partial charge is 0.383 e. The van der Waals surface area contributed by atoms with Crippen molar-refractivity contribution in [3.63, 3.8) is 0 Å². The van der Waals surface area contributed by atoms with Crippen LogP contribution in [0.5, 0.6) is 0 Å². The molecule has 0 aliphatic heterocycles. The monoisotopic (exact) mass is 227 g/mol. The predicted molar refractivity (Wildman–Crippen MR) is 64.2 cm³/mol. The van der Waals surface area contributed by atoms with Gasteiger partial charge in [-0.2, -0.15) is 0 Å². The Hall–Kier alpha value is -2.04. The summed E-state index contributed by atoms with van der Waals surface area (Å²) in [7, 11) is 0. The van der Waals surface area contributed by atoms with Gasteiger partial charge in [0.25, 0.3) is 0 Å². The third-order valence-corrected chi connectivity index (χ3v) is 2.97. The van der Waals surface area contributed by atoms with Gasteiger partial charge in [0.1, 0.15) is 17.3 Å². The fraction of sp³-hybridized carbons (Fsp3) is 0.333. The fourth-order valence-electron chi connectivity index (χ4n) is 2.16. The number of nitrogens with zero attached hydrogens (tertiary/aromatic N) is 4. The Morgan fingerprint density at radius 3 is 2.88 bits per heavy atom. The number of hydrogen-bond donors (Lipinski definition) is 1. The smallest absolute Gasteiger partial charge is 0.180 e. The van der Waals surface area contributed by atoms with E-state index in [9.17, 15) is 0 Å². The first-order valence-corrected chi connectivity index (χ1v) is 5.69. The zero-order chi connectivity index (χ0) is 11.8. The van der Waals surface area contributed by atoms with E-state index in [0.29, 0.717) is 17.5 Å². The number of rotatable bonds is 1. The van der Waals surface area contributed by atoms with E-state index in [2.05, 4.69) is 19.9 Å². The van der Waals surface area contributed by atoms with Crippen LogP contribution in [0.4, 0.5) is 5.82 Å². The van der Waals surface area contributed by atoms with Crippen LogP contribution in [0.1, 0.15) is 23.5 Å². The highest BCUT2D eigenvalue weighted by Gasteiger charge is 2.18. The number of aromatic nitrogens is 4. The molecular formula is C12H13N5. The molecule has 0 saturated heterocycles. The van der Waals surface area contributed by atoms with Crippen molar-refractivity contribution in [2.75, 3.05) is 5.73 Å². The zero-order valence-electron chi connectivity index (χ0n) is 9.64. The standard InChI is InChI=1S/C12H13N5/c1-7-14-6-5-10(15-7)12-16-9-4-2-3-8(9)11(13)17-12/h5-6H,2-4H2,1H3,(H2,13,16,17). The Kier molecular flexibility index (Phi) is 2.24. The Labute approximate surface area is 99.2 Å². The van der Waals surface area contributed by atoms with Crippen LogP contribution < -0.4 is 5.73 Å². The van der Waals surface area contributed by atoms with Crippen molar-refractivity contribution in [1.29, 1.82) is 0 Å². The number of nitrogen functional groups attached to an aromatic ring is 1. The summed E-state index contributed by atoms with van der Waals surface area (Å²) in [5.41, 5.74) is 8.87. The maximum atomic E-state index is 5.95. The van der Waals surface area contributed by atoms with Crippen molar-refractivity contribution in [2.45, 2.75) is 26.2 Å². The SMILES string of the molecule is Cc1nccc(-c2nc(N)c3c(n2)CCC3)n1. The second-order valence-electron chi connectivity index (χ2n) is 4.20. The van der Waals surface area contributed by atoms with E-state index >= 15 is 0 Å². The molecule has 0 spiro atoms. The average Bonchev–Trinajstić information content (AvgIpc) is 2.77. The van der Waals surface area contributed by atoms with E-state index in [1.54, 1.807) is 6.20 Å². The van der Waals surface area contributed by atoms with Crippen LogP contribution in [0.15, 0.2) is 12.3 Å². The van der Waals surface area contributed by atoms with Crippen LogP contribution in [0.25, 0.3) is 11.5 Å². The molecule has 0 amide bonds. The summed E-state index contributed by atoms with van der Waals surface area (Å²) in [6, 6.07) is 1.81. The van der Waals surface area contributed by atoms with E-state index in [1.165, 1.54) is 0 Å². The second-order valence-corrected chi connectivity index (χ2v) is 4.20. The Bertz CT molecular complexity index is 579. The molecule has 1 aliphatic rings. The lowest BCUT2D eigenvalue weighted by Crippen LogP contribution is -2.04. The maximum absolute atomic E-state index is 5.95. The van der Waals surface area contributed by atoms with Crippen molar-refractivity contribution in [2.24, 2.45) is 0 Å². The summed E-state index contributed by atoms with van der Waals surface area (Å²) < 4.78 is 0. The first kappa shape index (κ1) is 10.1. The molecular weight excluding hydrogens is 214 g/mol. The highest BCUT2D eigenvalue weighted by molar-refractivity contribution is 5.55. The van der Waals surface area contributed by atoms with Crippen molar-refractivity contribution < 1.29 is 0 Å². The van der Waals surface area contributed by atoms with Gasteiger partial charge in [0.2, 0.25) is 0 Å². The van der Waals surface area contributed by atoms with Gasteiger partial charge in [0, 0.05) is 17.5 Å². The lowest BCUT2D eigenvalue weighted by molar-refractivity contribution is 0.899. The van der Waals surface area contributed by atoms with E-state index in [-0.39, 0.29) is 0 Å². The van der Waals surface area contributed by atoms with E-state index in [4.69, 9.17) is 5.73 Å². The second kappa shape index (κ2) is 3.76. The van der Waals surface area contributed by atoms with Crippen molar-refractivity contribution in [1.82, 2.24) is 19.9 Å². The molecule has 17 heavy (non-hydrogen) atoms. The minimum absolute atomic E-state index is 0.596. The van der Waals surface area contributed by atoms with Gasteiger partial charge in [0.15, 0.2) is 5.82 Å². The van der Waals surface area contributed by atoms with Gasteiger partial charge >= 0.3 is 0 Å². The first-order valence-electron chi connectivity index (χ1n) is 5.69. The van der Waals surface area contributed by atoms with Gasteiger partial charge in [-0.15, -0.1) is 0 Å². The van der Waals surface area contributed by atoms with Crippen molar-refractivity contribution >= 4 is 5.82 Å². The van der Waals surface area contributed by atoms with E-state index < -0.39 is 0 Å². The quantitative estimate of drug-likeness (QED) is 0.794. The minimum Gasteiger partial charge on any atom is -0.383 e. The molecule has 0 saturated carbocycles. The van der Waals surface area contributed by atoms with E-state index in [1.807, 2.05) is 13.0 Å². The number of aryl methyl sites for hydroxylation is 2. The molecule has 0 bridgehead atoms. The molecule has 86 valence electrons. The Morgan fingerprint density at radius 2 is 2.06 bits per heavy atom. The van der Waals surface area contributed by atoms with Gasteiger partial charge in [-0.05, 0) is 32.3 Å². The number of hydrogen-bond acceptors (Lipinski definition) is 5. The lowest BCUT2D eigenvalue weighted by atomic mass is 10.2. The van der Waals surface area contributed by atoms with Gasteiger partial charge in [-0.1, -0.05) is 0 Å². The molecule has 1 aliphatic carbocycles. The number of nitrogens with two attached hydrogens (primary N) is 1. The lowest BCUT2D eigenvalue weighted by Gasteiger charge is -2.06. The van der Waals surface area contributed by atoms with Crippen molar-refractivity contribution in [3.8, 4) is 11.5 Å². The molecule has 3 rings (SSSR count). The maximum Gasteiger partial charge on any atom is 0.180 e. The fourth-order valence-corrected chi connectivity index (χ4v) is 2.16. The zero-order valence-corrected chi connectivity index (χ0v) is 9.64. The van der Waals surface area contributed by atoms with Gasteiger partial charge < -0.3 is 5.73 Å². The molecule has 0 atom stereocenters. The summed E-state index contributed by atoms with van der Waals surface area (Å²) in [4.78, 5) is 17.3. The molecule has 2 N–H and O–H groups in total. The molecule has 2 aromatic rings. The summed E-state index contributed by atoms with van der Waals surface area (Å²) in [5.74, 6) is 1.91. The van der Waals surface area contributed by atoms with Crippen LogP contribution >= 0.6 is 0 Å². The van der Waals surface area contributed by atoms with Crippen molar-refractivity contribution in [3.05, 3.63) is 29.3 Å². The molecule has 0 radical (unpaired) electrons. The highest BCUT2D eigenvalue weighted by atomic mass is 15.0. The van der Waals surface area contributed by atoms with Crippen LogP contribution in [0, 0.1) is 6.92 Å². The predicted octanol–water partition coefficient (Wildman–Crippen LogP) is 1.31. The Balaban J connectivity index is 2.13. The number of anilines is 1. The normalized spacial score (nSPS) is 13.7. The average molecular weight is 227 g/mol. The molecule has 0 unspecified atom stereocenters. The third-order valence-electron chi connectivity index (χ3n) is 2.97. The summed E-state index contributed by atoms with van der Waals surface area (Å²) >= 11 is 0. The third kappa shape index (κ3) is 1.73. The molecule has 5 heteroatoms. The van der Waals surface area contributed by atoms with E-state index in [0.717, 1.165) is 36.2 Å². The highest BCUT2D eigenvalue weighted by Crippen LogP contribution is 2.26. The molecule has 2 heterocycles. The van der Waals surface area contributed by atoms with Crippen LogP contribution in [0.3, 0.4) is 0 Å². The van der Waals surface area contributed by atoms with Crippen LogP contribution in [-0.4, -0.2) is 19.9 Å². The minimum atomic E-state index is 0.596.